The zero-order valence-corrected chi connectivity index (χ0v) is 11.0. The molecule has 0 aliphatic rings. The second kappa shape index (κ2) is 5.01. The molecule has 0 saturated heterocycles. The summed E-state index contributed by atoms with van der Waals surface area (Å²) in [5, 5.41) is 0.401. The maximum absolute atomic E-state index is 13.8. The molecule has 0 atom stereocenters. The molecule has 0 aliphatic heterocycles. The first-order valence-electron chi connectivity index (χ1n) is 6.04. The molecule has 0 N–H and O–H groups in total. The molecule has 22 heavy (non-hydrogen) atoms. The van der Waals surface area contributed by atoms with Crippen LogP contribution in [-0.4, -0.2) is 7.11 Å². The molecule has 1 aromatic heterocycles. The van der Waals surface area contributed by atoms with Crippen molar-refractivity contribution < 1.29 is 31.1 Å². The maximum Gasteiger partial charge on any atom is 0.200 e. The van der Waals surface area contributed by atoms with Crippen molar-refractivity contribution in [3.05, 3.63) is 53.4 Å². The van der Waals surface area contributed by atoms with Crippen molar-refractivity contribution in [2.24, 2.45) is 0 Å². The molecule has 0 spiro atoms. The molecule has 114 valence electrons. The summed E-state index contributed by atoms with van der Waals surface area (Å²) in [5.41, 5.74) is -0.974. The van der Waals surface area contributed by atoms with Crippen LogP contribution in [0.15, 0.2) is 28.7 Å². The summed E-state index contributed by atoms with van der Waals surface area (Å²) in [6, 6.07) is 5.86. The van der Waals surface area contributed by atoms with Crippen molar-refractivity contribution in [2.45, 2.75) is 0 Å². The molecular weight excluding hydrogens is 307 g/mol. The molecule has 0 aliphatic carbocycles. The normalized spacial score (nSPS) is 11.2. The van der Waals surface area contributed by atoms with Gasteiger partial charge >= 0.3 is 0 Å². The van der Waals surface area contributed by atoms with Gasteiger partial charge in [-0.2, -0.15) is 0 Å². The zero-order chi connectivity index (χ0) is 16.0. The minimum atomic E-state index is -2.22. The summed E-state index contributed by atoms with van der Waals surface area (Å²) < 4.78 is 77.4. The van der Waals surface area contributed by atoms with Crippen LogP contribution in [0.4, 0.5) is 22.0 Å². The predicted molar refractivity (Wildman–Crippen MR) is 68.0 cm³/mol. The van der Waals surface area contributed by atoms with Gasteiger partial charge in [0.2, 0.25) is 5.82 Å². The topological polar surface area (TPSA) is 22.4 Å². The van der Waals surface area contributed by atoms with E-state index in [1.165, 1.54) is 19.2 Å². The van der Waals surface area contributed by atoms with Gasteiger partial charge in [0.25, 0.3) is 0 Å². The quantitative estimate of drug-likeness (QED) is 0.385. The first kappa shape index (κ1) is 14.4. The lowest BCUT2D eigenvalue weighted by molar-refractivity contribution is 0.378. The highest BCUT2D eigenvalue weighted by Gasteiger charge is 2.28. The maximum atomic E-state index is 13.8. The summed E-state index contributed by atoms with van der Waals surface area (Å²) in [6.07, 6.45) is 0. The minimum Gasteiger partial charge on any atom is -0.493 e. The molecule has 2 nitrogen and oxygen atoms in total. The lowest BCUT2D eigenvalue weighted by atomic mass is 10.1. The molecular formula is C15H7F5O2. The van der Waals surface area contributed by atoms with Crippen LogP contribution in [0.5, 0.6) is 5.75 Å². The lowest BCUT2D eigenvalue weighted by Crippen LogP contribution is -2.03. The Balaban J connectivity index is 2.33. The third-order valence-corrected chi connectivity index (χ3v) is 3.18. The third kappa shape index (κ3) is 1.93. The summed E-state index contributed by atoms with van der Waals surface area (Å²) in [5.74, 6) is -10.4. The highest BCUT2D eigenvalue weighted by atomic mass is 19.2. The summed E-state index contributed by atoms with van der Waals surface area (Å²) in [7, 11) is 1.36. The number of hydrogen-bond acceptors (Lipinski definition) is 2. The van der Waals surface area contributed by atoms with Crippen molar-refractivity contribution in [3.63, 3.8) is 0 Å². The molecule has 7 heteroatoms. The molecule has 2 aromatic carbocycles. The number of furan rings is 1. The molecule has 3 aromatic rings. The number of halogens is 5. The van der Waals surface area contributed by atoms with E-state index >= 15 is 0 Å². The number of benzene rings is 2. The van der Waals surface area contributed by atoms with Crippen LogP contribution in [0.2, 0.25) is 0 Å². The van der Waals surface area contributed by atoms with Crippen molar-refractivity contribution >= 4 is 11.0 Å². The smallest absolute Gasteiger partial charge is 0.200 e. The van der Waals surface area contributed by atoms with Gasteiger partial charge in [-0.15, -0.1) is 0 Å². The molecule has 0 radical (unpaired) electrons. The van der Waals surface area contributed by atoms with Gasteiger partial charge in [0.1, 0.15) is 5.76 Å². The predicted octanol–water partition coefficient (Wildman–Crippen LogP) is 4.80. The highest BCUT2D eigenvalue weighted by Crippen LogP contribution is 2.37. The fraction of sp³-hybridized carbons (Fsp3) is 0.0667. The minimum absolute atomic E-state index is 0.143. The van der Waals surface area contributed by atoms with E-state index in [4.69, 9.17) is 9.15 Å². The monoisotopic (exact) mass is 314 g/mol. The SMILES string of the molecule is COc1cccc2cc(-c3c(F)c(F)c(F)c(F)c3F)oc12. The van der Waals surface area contributed by atoms with E-state index in [2.05, 4.69) is 0 Å². The number of para-hydroxylation sites is 1. The third-order valence-electron chi connectivity index (χ3n) is 3.18. The van der Waals surface area contributed by atoms with Crippen molar-refractivity contribution in [3.8, 4) is 17.1 Å². The van der Waals surface area contributed by atoms with Crippen LogP contribution in [-0.2, 0) is 0 Å². The molecule has 0 saturated carbocycles. The standard InChI is InChI=1S/C15H7F5O2/c1-21-7-4-2-3-6-5-8(22-15(6)7)9-10(16)12(18)14(20)13(19)11(9)17/h2-5H,1H3. The van der Waals surface area contributed by atoms with Crippen LogP contribution >= 0.6 is 0 Å². The number of methoxy groups -OCH3 is 1. The second-order valence-electron chi connectivity index (χ2n) is 4.43. The molecule has 1 heterocycles. The Morgan fingerprint density at radius 3 is 2.05 bits per heavy atom. The Morgan fingerprint density at radius 2 is 1.45 bits per heavy atom. The fourth-order valence-electron chi connectivity index (χ4n) is 2.14. The number of ether oxygens (including phenoxy) is 1. The Morgan fingerprint density at radius 1 is 0.864 bits per heavy atom. The zero-order valence-electron chi connectivity index (χ0n) is 11.0. The van der Waals surface area contributed by atoms with Crippen molar-refractivity contribution in [1.29, 1.82) is 0 Å². The Bertz CT molecular complexity index is 856. The molecule has 0 unspecified atom stereocenters. The average Bonchev–Trinajstić information content (AvgIpc) is 2.94. The largest absolute Gasteiger partial charge is 0.493 e. The fourth-order valence-corrected chi connectivity index (χ4v) is 2.14. The van der Waals surface area contributed by atoms with E-state index in [9.17, 15) is 22.0 Å². The number of fused-ring (bicyclic) bond motifs is 1. The van der Waals surface area contributed by atoms with Crippen LogP contribution in [0, 0.1) is 29.1 Å². The first-order chi connectivity index (χ1) is 10.5. The first-order valence-corrected chi connectivity index (χ1v) is 6.04. The van der Waals surface area contributed by atoms with Crippen LogP contribution in [0.1, 0.15) is 0 Å². The summed E-state index contributed by atoms with van der Waals surface area (Å²) in [6.45, 7) is 0. The second-order valence-corrected chi connectivity index (χ2v) is 4.43. The number of rotatable bonds is 2. The van der Waals surface area contributed by atoms with Crippen LogP contribution in [0.3, 0.4) is 0 Å². The van der Waals surface area contributed by atoms with E-state index in [1.807, 2.05) is 0 Å². The van der Waals surface area contributed by atoms with Gasteiger partial charge in [-0.3, -0.25) is 0 Å². The summed E-state index contributed by atoms with van der Waals surface area (Å²) in [4.78, 5) is 0. The average molecular weight is 314 g/mol. The Kier molecular flexibility index (Phi) is 3.27. The van der Waals surface area contributed by atoms with E-state index in [-0.39, 0.29) is 11.3 Å². The van der Waals surface area contributed by atoms with E-state index in [0.717, 1.165) is 0 Å². The van der Waals surface area contributed by atoms with E-state index in [1.54, 1.807) is 12.1 Å². The lowest BCUT2D eigenvalue weighted by Gasteiger charge is -2.05. The van der Waals surface area contributed by atoms with Gasteiger partial charge in [0.15, 0.2) is 34.6 Å². The van der Waals surface area contributed by atoms with E-state index in [0.29, 0.717) is 5.39 Å². The van der Waals surface area contributed by atoms with Gasteiger partial charge in [0, 0.05) is 5.39 Å². The molecule has 0 amide bonds. The van der Waals surface area contributed by atoms with Gasteiger partial charge in [-0.25, -0.2) is 22.0 Å². The molecule has 0 bridgehead atoms. The van der Waals surface area contributed by atoms with E-state index < -0.39 is 40.4 Å². The highest BCUT2D eigenvalue weighted by molar-refractivity contribution is 5.87. The van der Waals surface area contributed by atoms with Crippen molar-refractivity contribution in [1.82, 2.24) is 0 Å². The summed E-state index contributed by atoms with van der Waals surface area (Å²) >= 11 is 0. The van der Waals surface area contributed by atoms with Gasteiger partial charge in [0.05, 0.1) is 12.7 Å². The molecule has 0 fully saturated rings. The molecule has 3 rings (SSSR count). The Hall–Kier alpha value is -2.57. The van der Waals surface area contributed by atoms with Gasteiger partial charge in [-0.05, 0) is 12.1 Å². The Labute approximate surface area is 120 Å². The van der Waals surface area contributed by atoms with Crippen LogP contribution in [0.25, 0.3) is 22.3 Å². The van der Waals surface area contributed by atoms with Crippen LogP contribution < -0.4 is 4.74 Å². The van der Waals surface area contributed by atoms with Gasteiger partial charge in [-0.1, -0.05) is 12.1 Å². The van der Waals surface area contributed by atoms with Gasteiger partial charge < -0.3 is 9.15 Å². The number of hydrogen-bond donors (Lipinski definition) is 0. The van der Waals surface area contributed by atoms with Crippen molar-refractivity contribution in [2.75, 3.05) is 7.11 Å².